The number of fused-ring (bicyclic) bond motifs is 1. The van der Waals surface area contributed by atoms with E-state index in [1.807, 2.05) is 0 Å². The van der Waals surface area contributed by atoms with Crippen LogP contribution in [0.2, 0.25) is 0 Å². The van der Waals surface area contributed by atoms with E-state index in [-0.39, 0.29) is 22.9 Å². The number of phenolic OH excluding ortho intramolecular Hbond substituents is 1. The number of aromatic hydroxyl groups is 1. The first-order chi connectivity index (χ1) is 11.5. The Morgan fingerprint density at radius 2 is 1.96 bits per heavy atom. The molecule has 0 spiro atoms. The zero-order chi connectivity index (χ0) is 17.3. The molecule has 0 fully saturated rings. The number of Topliss-reactive ketones (excluding diaryl/α,β-unsaturated/α-hetero) is 1. The third-order valence-corrected chi connectivity index (χ3v) is 3.59. The average Bonchev–Trinajstić information content (AvgIpc) is 2.91. The van der Waals surface area contributed by atoms with Crippen molar-refractivity contribution < 1.29 is 28.9 Å². The second-order valence-electron chi connectivity index (χ2n) is 5.07. The second kappa shape index (κ2) is 6.08. The van der Waals surface area contributed by atoms with Crippen LogP contribution in [-0.4, -0.2) is 31.1 Å². The molecule has 0 aromatic heterocycles. The zero-order valence-electron chi connectivity index (χ0n) is 13.0. The molecule has 0 saturated carbocycles. The van der Waals surface area contributed by atoms with Crippen molar-refractivity contribution in [3.05, 3.63) is 58.8 Å². The van der Waals surface area contributed by atoms with E-state index in [0.717, 1.165) is 0 Å². The van der Waals surface area contributed by atoms with Gasteiger partial charge in [-0.25, -0.2) is 4.79 Å². The van der Waals surface area contributed by atoms with Crippen molar-refractivity contribution in [2.45, 2.75) is 0 Å². The van der Waals surface area contributed by atoms with Gasteiger partial charge in [-0.1, -0.05) is 6.07 Å². The molecule has 1 N–H and O–H groups in total. The molecule has 6 heteroatoms. The van der Waals surface area contributed by atoms with Crippen LogP contribution in [0, 0.1) is 0 Å². The molecular formula is C18H14O6. The fraction of sp³-hybridized carbons (Fsp3) is 0.111. The molecule has 0 aliphatic carbocycles. The normalized spacial score (nSPS) is 14.2. The maximum Gasteiger partial charge on any atom is 0.337 e. The molecule has 1 aliphatic rings. The Balaban J connectivity index is 1.94. The minimum Gasteiger partial charge on any atom is -0.504 e. The fourth-order valence-corrected chi connectivity index (χ4v) is 2.37. The lowest BCUT2D eigenvalue weighted by Gasteiger charge is -2.04. The number of hydrogen-bond donors (Lipinski definition) is 1. The van der Waals surface area contributed by atoms with Crippen LogP contribution in [0.25, 0.3) is 6.08 Å². The SMILES string of the molecule is COC(=O)c1ccc2c(c1)C(=O)/C(=C/c1ccc(O)c(OC)c1)O2. The summed E-state index contributed by atoms with van der Waals surface area (Å²) < 4.78 is 15.2. The minimum atomic E-state index is -0.522. The van der Waals surface area contributed by atoms with E-state index in [4.69, 9.17) is 9.47 Å². The van der Waals surface area contributed by atoms with Crippen LogP contribution < -0.4 is 9.47 Å². The van der Waals surface area contributed by atoms with Gasteiger partial charge in [0.15, 0.2) is 17.3 Å². The second-order valence-corrected chi connectivity index (χ2v) is 5.07. The Labute approximate surface area is 137 Å². The smallest absolute Gasteiger partial charge is 0.337 e. The van der Waals surface area contributed by atoms with E-state index < -0.39 is 5.97 Å². The summed E-state index contributed by atoms with van der Waals surface area (Å²) in [5.41, 5.74) is 1.21. The van der Waals surface area contributed by atoms with Crippen LogP contribution in [0.15, 0.2) is 42.2 Å². The number of allylic oxidation sites excluding steroid dienone is 1. The Bertz CT molecular complexity index is 866. The van der Waals surface area contributed by atoms with E-state index in [1.165, 1.54) is 32.4 Å². The molecule has 3 rings (SSSR count). The summed E-state index contributed by atoms with van der Waals surface area (Å²) in [6.45, 7) is 0. The molecule has 2 aromatic rings. The van der Waals surface area contributed by atoms with Crippen LogP contribution in [-0.2, 0) is 4.74 Å². The van der Waals surface area contributed by atoms with Crippen LogP contribution in [0.4, 0.5) is 0 Å². The van der Waals surface area contributed by atoms with Gasteiger partial charge in [0.05, 0.1) is 25.3 Å². The van der Waals surface area contributed by atoms with Crippen molar-refractivity contribution in [2.75, 3.05) is 14.2 Å². The Morgan fingerprint density at radius 1 is 1.17 bits per heavy atom. The number of carbonyl (C=O) groups is 2. The van der Waals surface area contributed by atoms with Gasteiger partial charge in [0.25, 0.3) is 0 Å². The Kier molecular flexibility index (Phi) is 3.95. The molecule has 0 saturated heterocycles. The topological polar surface area (TPSA) is 82.1 Å². The van der Waals surface area contributed by atoms with Gasteiger partial charge in [0, 0.05) is 0 Å². The van der Waals surface area contributed by atoms with Crippen LogP contribution >= 0.6 is 0 Å². The molecule has 122 valence electrons. The Hall–Kier alpha value is -3.28. The molecule has 0 amide bonds. The highest BCUT2D eigenvalue weighted by Gasteiger charge is 2.28. The molecule has 24 heavy (non-hydrogen) atoms. The van der Waals surface area contributed by atoms with Gasteiger partial charge in [-0.2, -0.15) is 0 Å². The summed E-state index contributed by atoms with van der Waals surface area (Å²) in [7, 11) is 2.71. The number of phenols is 1. The van der Waals surface area contributed by atoms with Crippen molar-refractivity contribution in [1.82, 2.24) is 0 Å². The lowest BCUT2D eigenvalue weighted by molar-refractivity contribution is 0.0600. The monoisotopic (exact) mass is 326 g/mol. The summed E-state index contributed by atoms with van der Waals surface area (Å²) in [5.74, 6) is -0.0527. The van der Waals surface area contributed by atoms with Gasteiger partial charge >= 0.3 is 5.97 Å². The molecule has 0 unspecified atom stereocenters. The van der Waals surface area contributed by atoms with Gasteiger partial charge in [0.1, 0.15) is 5.75 Å². The van der Waals surface area contributed by atoms with E-state index in [2.05, 4.69) is 4.74 Å². The van der Waals surface area contributed by atoms with Crippen molar-refractivity contribution >= 4 is 17.8 Å². The summed E-state index contributed by atoms with van der Waals surface area (Å²) in [6, 6.07) is 9.21. The third-order valence-electron chi connectivity index (χ3n) is 3.59. The molecule has 0 radical (unpaired) electrons. The number of esters is 1. The Morgan fingerprint density at radius 3 is 2.67 bits per heavy atom. The van der Waals surface area contributed by atoms with Crippen LogP contribution in [0.5, 0.6) is 17.2 Å². The van der Waals surface area contributed by atoms with E-state index in [0.29, 0.717) is 22.6 Å². The highest BCUT2D eigenvalue weighted by Crippen LogP contribution is 2.34. The maximum atomic E-state index is 12.5. The van der Waals surface area contributed by atoms with Crippen LogP contribution in [0.1, 0.15) is 26.3 Å². The predicted molar refractivity (Wildman–Crippen MR) is 85.4 cm³/mol. The lowest BCUT2D eigenvalue weighted by Crippen LogP contribution is -2.02. The number of rotatable bonds is 3. The molecular weight excluding hydrogens is 312 g/mol. The van der Waals surface area contributed by atoms with Crippen molar-refractivity contribution in [1.29, 1.82) is 0 Å². The number of carbonyl (C=O) groups excluding carboxylic acids is 2. The maximum absolute atomic E-state index is 12.5. The number of benzene rings is 2. The van der Waals surface area contributed by atoms with E-state index in [9.17, 15) is 14.7 Å². The van der Waals surface area contributed by atoms with Gasteiger partial charge in [-0.15, -0.1) is 0 Å². The summed E-state index contributed by atoms with van der Waals surface area (Å²) >= 11 is 0. The van der Waals surface area contributed by atoms with E-state index in [1.54, 1.807) is 24.3 Å². The highest BCUT2D eigenvalue weighted by molar-refractivity contribution is 6.15. The molecule has 0 bridgehead atoms. The van der Waals surface area contributed by atoms with Gasteiger partial charge in [-0.3, -0.25) is 4.79 Å². The largest absolute Gasteiger partial charge is 0.504 e. The van der Waals surface area contributed by atoms with Crippen molar-refractivity contribution in [3.63, 3.8) is 0 Å². The highest BCUT2D eigenvalue weighted by atomic mass is 16.5. The van der Waals surface area contributed by atoms with Crippen LogP contribution in [0.3, 0.4) is 0 Å². The standard InChI is InChI=1S/C18H14O6/c1-22-15-7-10(3-5-13(15)19)8-16-17(20)12-9-11(18(21)23-2)4-6-14(12)24-16/h3-9,19H,1-2H3/b16-8-. The molecule has 0 atom stereocenters. The summed E-state index contributed by atoms with van der Waals surface area (Å²) in [4.78, 5) is 24.0. The first kappa shape index (κ1) is 15.6. The first-order valence-electron chi connectivity index (χ1n) is 7.07. The molecule has 2 aromatic carbocycles. The van der Waals surface area contributed by atoms with Crippen molar-refractivity contribution in [2.24, 2.45) is 0 Å². The van der Waals surface area contributed by atoms with Gasteiger partial charge in [-0.05, 0) is 42.0 Å². The van der Waals surface area contributed by atoms with Gasteiger partial charge in [0.2, 0.25) is 5.78 Å². The fourth-order valence-electron chi connectivity index (χ4n) is 2.37. The van der Waals surface area contributed by atoms with Gasteiger partial charge < -0.3 is 19.3 Å². The molecule has 6 nitrogen and oxygen atoms in total. The number of hydrogen-bond acceptors (Lipinski definition) is 6. The predicted octanol–water partition coefficient (Wildman–Crippen LogP) is 2.80. The molecule has 1 aliphatic heterocycles. The zero-order valence-corrected chi connectivity index (χ0v) is 13.0. The first-order valence-corrected chi connectivity index (χ1v) is 7.07. The quantitative estimate of drug-likeness (QED) is 0.690. The number of methoxy groups -OCH3 is 2. The summed E-state index contributed by atoms with van der Waals surface area (Å²) in [5, 5.41) is 9.61. The number of ketones is 1. The minimum absolute atomic E-state index is 0.00400. The lowest BCUT2D eigenvalue weighted by atomic mass is 10.1. The van der Waals surface area contributed by atoms with E-state index >= 15 is 0 Å². The molecule has 1 heterocycles. The third kappa shape index (κ3) is 2.69. The number of ether oxygens (including phenoxy) is 3. The van der Waals surface area contributed by atoms with Crippen molar-refractivity contribution in [3.8, 4) is 17.2 Å². The summed E-state index contributed by atoms with van der Waals surface area (Å²) in [6.07, 6.45) is 1.54. The average molecular weight is 326 g/mol.